The number of amides is 4. The Hall–Kier alpha value is -4.76. The van der Waals surface area contributed by atoms with Gasteiger partial charge in [-0.25, -0.2) is 4.98 Å². The number of benzene rings is 1. The first kappa shape index (κ1) is 33.7. The molecule has 0 saturated carbocycles. The zero-order valence-corrected chi connectivity index (χ0v) is 24.8. The van der Waals surface area contributed by atoms with Crippen LogP contribution >= 0.6 is 0 Å². The number of rotatable bonds is 16. The van der Waals surface area contributed by atoms with E-state index in [1.54, 1.807) is 13.1 Å². The smallest absolute Gasteiger partial charge is 0.322 e. The highest BCUT2D eigenvalue weighted by Gasteiger charge is 2.33. The Morgan fingerprint density at radius 1 is 0.932 bits per heavy atom. The largest absolute Gasteiger partial charge is 0.480 e. The van der Waals surface area contributed by atoms with E-state index in [2.05, 4.69) is 36.2 Å². The first-order valence-electron chi connectivity index (χ1n) is 14.3. The third-order valence-corrected chi connectivity index (χ3v) is 7.37. The van der Waals surface area contributed by atoms with E-state index >= 15 is 0 Å². The number of nitrogens with one attached hydrogen (secondary N) is 6. The van der Waals surface area contributed by atoms with E-state index in [1.165, 1.54) is 19.4 Å². The second-order valence-corrected chi connectivity index (χ2v) is 10.7. The molecular weight excluding hydrogens is 572 g/mol. The van der Waals surface area contributed by atoms with Crippen molar-refractivity contribution in [1.29, 1.82) is 0 Å². The van der Waals surface area contributed by atoms with Crippen LogP contribution in [-0.4, -0.2) is 91.6 Å². The first-order valence-corrected chi connectivity index (χ1v) is 14.3. The molecule has 0 radical (unpaired) electrons. The number of carboxylic acid groups (broad SMARTS) is 1. The van der Waals surface area contributed by atoms with Gasteiger partial charge in [0.05, 0.1) is 12.4 Å². The maximum Gasteiger partial charge on any atom is 0.322 e. The number of carbonyl (C=O) groups excluding carboxylic acids is 4. The Morgan fingerprint density at radius 3 is 2.23 bits per heavy atom. The molecule has 0 spiro atoms. The summed E-state index contributed by atoms with van der Waals surface area (Å²) in [7, 11) is 0. The zero-order valence-electron chi connectivity index (χ0n) is 24.8. The molecule has 0 aliphatic rings. The Balaban J connectivity index is 1.91. The summed E-state index contributed by atoms with van der Waals surface area (Å²) in [6.07, 6.45) is 3.90. The van der Waals surface area contributed by atoms with Gasteiger partial charge >= 0.3 is 5.97 Å². The molecule has 0 saturated heterocycles. The van der Waals surface area contributed by atoms with Gasteiger partial charge in [0.15, 0.2) is 0 Å². The van der Waals surface area contributed by atoms with Crippen LogP contribution in [0.2, 0.25) is 0 Å². The monoisotopic (exact) mass is 612 g/mol. The number of carbonyl (C=O) groups is 5. The molecule has 3 aromatic rings. The van der Waals surface area contributed by atoms with Gasteiger partial charge in [0, 0.05) is 41.8 Å². The molecule has 2 aromatic heterocycles. The minimum absolute atomic E-state index is 0.0173. The molecule has 0 bridgehead atoms. The van der Waals surface area contributed by atoms with Gasteiger partial charge in [0.2, 0.25) is 23.6 Å². The number of nitrogens with zero attached hydrogens (tertiary/aromatic N) is 1. The zero-order chi connectivity index (χ0) is 32.4. The van der Waals surface area contributed by atoms with E-state index in [0.717, 1.165) is 10.9 Å². The van der Waals surface area contributed by atoms with Crippen molar-refractivity contribution in [3.63, 3.8) is 0 Å². The lowest BCUT2D eigenvalue weighted by molar-refractivity contribution is -0.139. The number of aromatic amines is 2. The van der Waals surface area contributed by atoms with Crippen molar-refractivity contribution in [3.8, 4) is 0 Å². The standard InChI is InChI=1S/C29H40N8O7/c1-4-15(2)25(29(44)33-13-23(39)40)37-27(42)21(9-17-11-32-20-8-6-5-7-19(17)20)35-26(41)22(10-18-12-31-14-34-18)36-28(43)24(30)16(3)38/h5-8,11-12,14-16,21-22,24-25,32,38H,4,9-10,13,30H2,1-3H3,(H,31,34)(H,33,44)(H,35,41)(H,36,43)(H,37,42)(H,39,40)/t15-,16+,21-,22-,24-,25-/m0/s1. The molecule has 15 heteroatoms. The van der Waals surface area contributed by atoms with Crippen LogP contribution in [0.3, 0.4) is 0 Å². The van der Waals surface area contributed by atoms with Crippen LogP contribution in [-0.2, 0) is 36.8 Å². The summed E-state index contributed by atoms with van der Waals surface area (Å²) in [6.45, 7) is 4.27. The number of hydrogen-bond acceptors (Lipinski definition) is 8. The van der Waals surface area contributed by atoms with Crippen LogP contribution in [0.15, 0.2) is 43.0 Å². The quantitative estimate of drug-likeness (QED) is 0.0970. The summed E-state index contributed by atoms with van der Waals surface area (Å²) >= 11 is 0. The van der Waals surface area contributed by atoms with Crippen molar-refractivity contribution in [2.75, 3.05) is 6.54 Å². The average Bonchev–Trinajstić information content (AvgIpc) is 3.67. The van der Waals surface area contributed by atoms with Crippen molar-refractivity contribution in [2.45, 2.75) is 70.3 Å². The molecule has 0 fully saturated rings. The Morgan fingerprint density at radius 2 is 1.59 bits per heavy atom. The van der Waals surface area contributed by atoms with Gasteiger partial charge in [0.1, 0.15) is 30.7 Å². The molecule has 2 heterocycles. The van der Waals surface area contributed by atoms with Crippen molar-refractivity contribution in [1.82, 2.24) is 36.2 Å². The summed E-state index contributed by atoms with van der Waals surface area (Å²) < 4.78 is 0. The van der Waals surface area contributed by atoms with Gasteiger partial charge in [-0.3, -0.25) is 24.0 Å². The van der Waals surface area contributed by atoms with Gasteiger partial charge < -0.3 is 47.2 Å². The molecule has 0 aliphatic carbocycles. The first-order chi connectivity index (χ1) is 20.9. The Bertz CT molecular complexity index is 1440. The molecule has 4 amide bonds. The highest BCUT2D eigenvalue weighted by atomic mass is 16.4. The minimum Gasteiger partial charge on any atom is -0.480 e. The van der Waals surface area contributed by atoms with Crippen molar-refractivity contribution in [3.05, 3.63) is 54.2 Å². The molecule has 10 N–H and O–H groups in total. The summed E-state index contributed by atoms with van der Waals surface area (Å²) in [5, 5.41) is 29.9. The predicted octanol–water partition coefficient (Wildman–Crippen LogP) is -0.914. The number of carboxylic acids is 1. The molecule has 6 atom stereocenters. The topological polar surface area (TPSA) is 244 Å². The summed E-state index contributed by atoms with van der Waals surface area (Å²) in [4.78, 5) is 74.0. The minimum atomic E-state index is -1.31. The number of imidazole rings is 1. The summed E-state index contributed by atoms with van der Waals surface area (Å²) in [6, 6.07) is 2.58. The highest BCUT2D eigenvalue weighted by molar-refractivity contribution is 5.96. The van der Waals surface area contributed by atoms with Gasteiger partial charge in [-0.2, -0.15) is 0 Å². The molecule has 15 nitrogen and oxygen atoms in total. The molecular formula is C29H40N8O7. The molecule has 3 rings (SSSR count). The number of aliphatic hydroxyl groups excluding tert-OH is 1. The maximum absolute atomic E-state index is 13.8. The Labute approximate surface area is 253 Å². The molecule has 238 valence electrons. The number of para-hydroxylation sites is 1. The fourth-order valence-electron chi connectivity index (χ4n) is 4.54. The fourth-order valence-corrected chi connectivity index (χ4v) is 4.54. The van der Waals surface area contributed by atoms with Gasteiger partial charge in [-0.15, -0.1) is 0 Å². The van der Waals surface area contributed by atoms with Crippen LogP contribution in [0.4, 0.5) is 0 Å². The predicted molar refractivity (Wildman–Crippen MR) is 160 cm³/mol. The van der Waals surface area contributed by atoms with Crippen LogP contribution in [0.25, 0.3) is 10.9 Å². The van der Waals surface area contributed by atoms with Crippen LogP contribution in [0.5, 0.6) is 0 Å². The second kappa shape index (κ2) is 15.6. The summed E-state index contributed by atoms with van der Waals surface area (Å²) in [5.41, 5.74) is 7.83. The normalized spacial score (nSPS) is 15.3. The van der Waals surface area contributed by atoms with E-state index < -0.39 is 66.4 Å². The van der Waals surface area contributed by atoms with Crippen LogP contribution in [0.1, 0.15) is 38.4 Å². The van der Waals surface area contributed by atoms with Gasteiger partial charge in [-0.05, 0) is 24.5 Å². The number of fused-ring (bicyclic) bond motifs is 1. The SMILES string of the molecule is CC[C@H](C)[C@H](NC(=O)[C@H](Cc1c[nH]c2ccccc12)NC(=O)[C@H](Cc1cnc[nH]1)NC(=O)[C@@H](N)[C@@H](C)O)C(=O)NCC(=O)O. The lowest BCUT2D eigenvalue weighted by Crippen LogP contribution is -2.60. The fraction of sp³-hybridized carbons (Fsp3) is 0.448. The summed E-state index contributed by atoms with van der Waals surface area (Å²) in [5.74, 6) is -4.47. The number of hydrogen-bond donors (Lipinski definition) is 9. The molecule has 44 heavy (non-hydrogen) atoms. The van der Waals surface area contributed by atoms with E-state index in [-0.39, 0.29) is 18.8 Å². The average molecular weight is 613 g/mol. The maximum atomic E-state index is 13.8. The van der Waals surface area contributed by atoms with E-state index in [4.69, 9.17) is 10.8 Å². The van der Waals surface area contributed by atoms with Gasteiger partial charge in [-0.1, -0.05) is 38.5 Å². The third kappa shape index (κ3) is 9.12. The molecule has 0 aliphatic heterocycles. The van der Waals surface area contributed by atoms with Crippen LogP contribution < -0.4 is 27.0 Å². The highest BCUT2D eigenvalue weighted by Crippen LogP contribution is 2.20. The van der Waals surface area contributed by atoms with Gasteiger partial charge in [0.25, 0.3) is 0 Å². The number of aliphatic hydroxyl groups is 1. The van der Waals surface area contributed by atoms with E-state index in [0.29, 0.717) is 17.7 Å². The number of aromatic nitrogens is 3. The lowest BCUT2D eigenvalue weighted by atomic mass is 9.97. The lowest BCUT2D eigenvalue weighted by Gasteiger charge is -2.28. The number of aliphatic carboxylic acids is 1. The van der Waals surface area contributed by atoms with Crippen molar-refractivity contribution >= 4 is 40.5 Å². The van der Waals surface area contributed by atoms with E-state index in [1.807, 2.05) is 31.2 Å². The third-order valence-electron chi connectivity index (χ3n) is 7.37. The molecule has 0 unspecified atom stereocenters. The van der Waals surface area contributed by atoms with Crippen molar-refractivity contribution < 1.29 is 34.2 Å². The Kier molecular flexibility index (Phi) is 12.0. The second-order valence-electron chi connectivity index (χ2n) is 10.7. The number of nitrogens with two attached hydrogens (primary N) is 1. The molecule has 1 aromatic carbocycles. The van der Waals surface area contributed by atoms with Crippen molar-refractivity contribution in [2.24, 2.45) is 11.7 Å². The van der Waals surface area contributed by atoms with Crippen LogP contribution in [0, 0.1) is 5.92 Å². The number of H-pyrrole nitrogens is 2. The van der Waals surface area contributed by atoms with E-state index in [9.17, 15) is 29.1 Å².